The van der Waals surface area contributed by atoms with E-state index < -0.39 is 14.8 Å². The van der Waals surface area contributed by atoms with Crippen molar-refractivity contribution >= 4 is 38.0 Å². The molecule has 0 atom stereocenters. The number of nitro benzene ring substituents is 1. The van der Waals surface area contributed by atoms with Crippen LogP contribution in [-0.2, 0) is 9.84 Å². The third kappa shape index (κ3) is 3.73. The van der Waals surface area contributed by atoms with Gasteiger partial charge in [-0.2, -0.15) is 0 Å². The first kappa shape index (κ1) is 19.9. The molecule has 2 aromatic carbocycles. The smallest absolute Gasteiger partial charge is 0.270 e. The van der Waals surface area contributed by atoms with Crippen LogP contribution in [0.5, 0.6) is 0 Å². The first-order valence-electron chi connectivity index (χ1n) is 9.34. The van der Waals surface area contributed by atoms with Gasteiger partial charge < -0.3 is 14.8 Å². The average Bonchev–Trinajstić information content (AvgIpc) is 3.16. The van der Waals surface area contributed by atoms with E-state index >= 15 is 0 Å². The molecule has 0 unspecified atom stereocenters. The second kappa shape index (κ2) is 7.45. The maximum absolute atomic E-state index is 12.9. The van der Waals surface area contributed by atoms with E-state index in [1.54, 1.807) is 4.90 Å². The molecular weight excluding hydrogens is 408 g/mol. The van der Waals surface area contributed by atoms with E-state index in [2.05, 4.69) is 4.98 Å². The molecule has 0 saturated carbocycles. The number of carbonyl (C=O) groups is 1. The molecule has 1 aliphatic heterocycles. The van der Waals surface area contributed by atoms with Crippen molar-refractivity contribution in [2.24, 2.45) is 0 Å². The fourth-order valence-corrected chi connectivity index (χ4v) is 4.60. The van der Waals surface area contributed by atoms with Crippen molar-refractivity contribution in [3.05, 3.63) is 64.3 Å². The number of aromatic amines is 1. The van der Waals surface area contributed by atoms with E-state index in [1.807, 2.05) is 35.2 Å². The van der Waals surface area contributed by atoms with Gasteiger partial charge in [0.15, 0.2) is 9.84 Å². The number of carbonyl (C=O) groups excluding carboxylic acids is 1. The van der Waals surface area contributed by atoms with Gasteiger partial charge in [0.25, 0.3) is 11.6 Å². The molecule has 0 aliphatic carbocycles. The van der Waals surface area contributed by atoms with Crippen LogP contribution in [0.1, 0.15) is 10.5 Å². The van der Waals surface area contributed by atoms with Crippen LogP contribution in [0.4, 0.5) is 11.4 Å². The molecule has 2 heterocycles. The number of fused-ring (bicyclic) bond motifs is 1. The molecule has 4 rings (SSSR count). The highest BCUT2D eigenvalue weighted by atomic mass is 32.2. The van der Waals surface area contributed by atoms with E-state index in [0.717, 1.165) is 23.2 Å². The molecule has 0 bridgehead atoms. The van der Waals surface area contributed by atoms with Gasteiger partial charge in [0, 0.05) is 55.5 Å². The molecule has 1 aliphatic rings. The van der Waals surface area contributed by atoms with Crippen LogP contribution in [0.25, 0.3) is 10.9 Å². The third-order valence-corrected chi connectivity index (χ3v) is 6.35. The van der Waals surface area contributed by atoms with Crippen molar-refractivity contribution in [2.75, 3.05) is 37.3 Å². The predicted molar refractivity (Wildman–Crippen MR) is 113 cm³/mol. The van der Waals surface area contributed by atoms with Crippen molar-refractivity contribution in [3.63, 3.8) is 0 Å². The van der Waals surface area contributed by atoms with Gasteiger partial charge in [0.05, 0.1) is 15.5 Å². The Balaban J connectivity index is 1.53. The summed E-state index contributed by atoms with van der Waals surface area (Å²) in [5, 5.41) is 12.0. The van der Waals surface area contributed by atoms with Gasteiger partial charge >= 0.3 is 0 Å². The number of non-ortho nitro benzene ring substituents is 1. The number of nitrogens with zero attached hydrogens (tertiary/aromatic N) is 3. The minimum absolute atomic E-state index is 0.0768. The van der Waals surface area contributed by atoms with Crippen LogP contribution in [-0.4, -0.2) is 61.6 Å². The number of benzene rings is 2. The second-order valence-corrected chi connectivity index (χ2v) is 9.21. The molecule has 1 N–H and O–H groups in total. The second-order valence-electron chi connectivity index (χ2n) is 7.23. The Morgan fingerprint density at radius 2 is 1.77 bits per heavy atom. The Morgan fingerprint density at radius 1 is 1.07 bits per heavy atom. The van der Waals surface area contributed by atoms with E-state index in [9.17, 15) is 23.3 Å². The number of nitro groups is 1. The van der Waals surface area contributed by atoms with Crippen LogP contribution in [0, 0.1) is 10.1 Å². The number of hydrogen-bond donors (Lipinski definition) is 1. The van der Waals surface area contributed by atoms with E-state index in [0.29, 0.717) is 37.6 Å². The summed E-state index contributed by atoms with van der Waals surface area (Å²) < 4.78 is 24.4. The topological polar surface area (TPSA) is 117 Å². The van der Waals surface area contributed by atoms with Gasteiger partial charge in [-0.3, -0.25) is 14.9 Å². The molecule has 0 spiro atoms. The summed E-state index contributed by atoms with van der Waals surface area (Å²) >= 11 is 0. The van der Waals surface area contributed by atoms with Gasteiger partial charge in [-0.25, -0.2) is 8.42 Å². The summed E-state index contributed by atoms with van der Waals surface area (Å²) in [6, 6.07) is 13.3. The number of sulfone groups is 1. The molecule has 1 aromatic heterocycles. The van der Waals surface area contributed by atoms with Crippen molar-refractivity contribution in [2.45, 2.75) is 4.90 Å². The Bertz CT molecular complexity index is 1210. The molecule has 30 heavy (non-hydrogen) atoms. The highest BCUT2D eigenvalue weighted by Crippen LogP contribution is 2.30. The number of hydrogen-bond acceptors (Lipinski definition) is 6. The summed E-state index contributed by atoms with van der Waals surface area (Å²) in [6.45, 7) is 1.67. The molecule has 1 fully saturated rings. The average molecular weight is 428 g/mol. The lowest BCUT2D eigenvalue weighted by molar-refractivity contribution is -0.385. The molecule has 156 valence electrons. The van der Waals surface area contributed by atoms with Gasteiger partial charge in [-0.15, -0.1) is 0 Å². The standard InChI is InChI=1S/C20H20N4O5S/c1-30(28,29)19-13-15(24(26)27)6-7-18(19)22-8-10-23(11-9-22)20(25)17-12-14-4-2-3-5-16(14)21-17/h2-7,12-13,21H,8-11H2,1H3. The first-order chi connectivity index (χ1) is 14.2. The van der Waals surface area contributed by atoms with Gasteiger partial charge in [-0.1, -0.05) is 18.2 Å². The third-order valence-electron chi connectivity index (χ3n) is 5.22. The molecule has 1 saturated heterocycles. The lowest BCUT2D eigenvalue weighted by atomic mass is 10.2. The zero-order valence-electron chi connectivity index (χ0n) is 16.2. The number of amides is 1. The van der Waals surface area contributed by atoms with Crippen molar-refractivity contribution < 1.29 is 18.1 Å². The highest BCUT2D eigenvalue weighted by molar-refractivity contribution is 7.90. The maximum atomic E-state index is 12.9. The quantitative estimate of drug-likeness (QED) is 0.504. The number of anilines is 1. The normalized spacial score (nSPS) is 14.8. The summed E-state index contributed by atoms with van der Waals surface area (Å²) in [5.74, 6) is -0.113. The summed E-state index contributed by atoms with van der Waals surface area (Å²) in [6.07, 6.45) is 1.03. The largest absolute Gasteiger partial charge is 0.367 e. The Morgan fingerprint density at radius 3 is 2.40 bits per heavy atom. The van der Waals surface area contributed by atoms with Crippen molar-refractivity contribution in [3.8, 4) is 0 Å². The summed E-state index contributed by atoms with van der Waals surface area (Å²) in [7, 11) is -3.66. The predicted octanol–water partition coefficient (Wildman–Crippen LogP) is 2.44. The van der Waals surface area contributed by atoms with E-state index in [4.69, 9.17) is 0 Å². The lowest BCUT2D eigenvalue weighted by Crippen LogP contribution is -2.49. The monoisotopic (exact) mass is 428 g/mol. The lowest BCUT2D eigenvalue weighted by Gasteiger charge is -2.36. The SMILES string of the molecule is CS(=O)(=O)c1cc([N+](=O)[O-])ccc1N1CCN(C(=O)c2cc3ccccc3[nH]2)CC1. The Hall–Kier alpha value is -3.40. The molecule has 1 amide bonds. The molecule has 10 heteroatoms. The van der Waals surface area contributed by atoms with Crippen LogP contribution in [0.2, 0.25) is 0 Å². The zero-order chi connectivity index (χ0) is 21.5. The number of aromatic nitrogens is 1. The summed E-state index contributed by atoms with van der Waals surface area (Å²) in [4.78, 5) is 29.9. The number of para-hydroxylation sites is 1. The fourth-order valence-electron chi connectivity index (χ4n) is 3.68. The van der Waals surface area contributed by atoms with E-state index in [-0.39, 0.29) is 16.5 Å². The van der Waals surface area contributed by atoms with E-state index in [1.165, 1.54) is 12.1 Å². The Kier molecular flexibility index (Phi) is 4.94. The van der Waals surface area contributed by atoms with Gasteiger partial charge in [0.2, 0.25) is 0 Å². The maximum Gasteiger partial charge on any atom is 0.270 e. The van der Waals surface area contributed by atoms with Crippen LogP contribution >= 0.6 is 0 Å². The Labute approximate surface area is 173 Å². The fraction of sp³-hybridized carbons (Fsp3) is 0.250. The van der Waals surface area contributed by atoms with Crippen LogP contribution in [0.15, 0.2) is 53.4 Å². The van der Waals surface area contributed by atoms with Crippen molar-refractivity contribution in [1.82, 2.24) is 9.88 Å². The van der Waals surface area contributed by atoms with Crippen molar-refractivity contribution in [1.29, 1.82) is 0 Å². The molecule has 3 aromatic rings. The summed E-state index contributed by atoms with van der Waals surface area (Å²) in [5.41, 5.74) is 1.55. The first-order valence-corrected chi connectivity index (χ1v) is 11.2. The van der Waals surface area contributed by atoms with Gasteiger partial charge in [-0.05, 0) is 18.2 Å². The number of nitrogens with one attached hydrogen (secondary N) is 1. The van der Waals surface area contributed by atoms with Crippen LogP contribution in [0.3, 0.4) is 0 Å². The number of H-pyrrole nitrogens is 1. The zero-order valence-corrected chi connectivity index (χ0v) is 17.1. The minimum atomic E-state index is -3.66. The number of rotatable bonds is 4. The minimum Gasteiger partial charge on any atom is -0.367 e. The molecule has 9 nitrogen and oxygen atoms in total. The molecule has 0 radical (unpaired) electrons. The van der Waals surface area contributed by atoms with Gasteiger partial charge in [0.1, 0.15) is 5.69 Å². The highest BCUT2D eigenvalue weighted by Gasteiger charge is 2.27. The van der Waals surface area contributed by atoms with Crippen LogP contribution < -0.4 is 4.90 Å². The molecular formula is C20H20N4O5S. The number of piperazine rings is 1.